The second-order valence-electron chi connectivity index (χ2n) is 4.66. The van der Waals surface area contributed by atoms with Crippen molar-refractivity contribution in [3.8, 4) is 5.75 Å². The number of aryl methyl sites for hydroxylation is 1. The zero-order valence-corrected chi connectivity index (χ0v) is 10.3. The van der Waals surface area contributed by atoms with Crippen LogP contribution in [0.1, 0.15) is 37.7 Å². The summed E-state index contributed by atoms with van der Waals surface area (Å²) in [6.45, 7) is 2.07. The van der Waals surface area contributed by atoms with Gasteiger partial charge in [0.2, 0.25) is 0 Å². The molecule has 0 radical (unpaired) electrons. The fourth-order valence-corrected chi connectivity index (χ4v) is 2.39. The third-order valence-corrected chi connectivity index (χ3v) is 3.38. The fourth-order valence-electron chi connectivity index (χ4n) is 2.39. The van der Waals surface area contributed by atoms with Crippen LogP contribution in [0.2, 0.25) is 0 Å². The Kier molecular flexibility index (Phi) is 3.70. The van der Waals surface area contributed by atoms with Crippen LogP contribution in [0.5, 0.6) is 5.75 Å². The van der Waals surface area contributed by atoms with Gasteiger partial charge in [0.05, 0.1) is 7.11 Å². The van der Waals surface area contributed by atoms with Gasteiger partial charge < -0.3 is 10.1 Å². The lowest BCUT2D eigenvalue weighted by Crippen LogP contribution is -2.22. The minimum Gasteiger partial charge on any atom is -0.496 e. The SMILES string of the molecule is COc1cc(NC2CCCCC2)ccc1C. The molecule has 1 aliphatic carbocycles. The van der Waals surface area contributed by atoms with Crippen LogP contribution in [0.25, 0.3) is 0 Å². The van der Waals surface area contributed by atoms with Gasteiger partial charge in [0, 0.05) is 17.8 Å². The molecule has 0 aromatic heterocycles. The maximum atomic E-state index is 5.33. The highest BCUT2D eigenvalue weighted by Gasteiger charge is 2.13. The molecule has 2 rings (SSSR count). The first-order valence-electron chi connectivity index (χ1n) is 6.21. The van der Waals surface area contributed by atoms with Crippen molar-refractivity contribution < 1.29 is 4.74 Å². The summed E-state index contributed by atoms with van der Waals surface area (Å²) in [5, 5.41) is 3.60. The Bertz CT molecular complexity index is 343. The van der Waals surface area contributed by atoms with Gasteiger partial charge in [0.15, 0.2) is 0 Å². The average Bonchev–Trinajstić information content (AvgIpc) is 2.33. The summed E-state index contributed by atoms with van der Waals surface area (Å²) in [6, 6.07) is 7.02. The summed E-state index contributed by atoms with van der Waals surface area (Å²) in [6.07, 6.45) is 6.73. The van der Waals surface area contributed by atoms with Gasteiger partial charge in [-0.25, -0.2) is 0 Å². The number of hydrogen-bond donors (Lipinski definition) is 1. The Labute approximate surface area is 98.0 Å². The fraction of sp³-hybridized carbons (Fsp3) is 0.571. The van der Waals surface area contributed by atoms with Gasteiger partial charge in [-0.3, -0.25) is 0 Å². The Morgan fingerprint density at radius 2 is 1.94 bits per heavy atom. The standard InChI is InChI=1S/C14H21NO/c1-11-8-9-13(10-14(11)16-2)15-12-6-4-3-5-7-12/h8-10,12,15H,3-7H2,1-2H3. The highest BCUT2D eigenvalue weighted by molar-refractivity contribution is 5.52. The number of methoxy groups -OCH3 is 1. The molecule has 0 bridgehead atoms. The molecule has 1 aliphatic rings. The van der Waals surface area contributed by atoms with E-state index in [9.17, 15) is 0 Å². The molecule has 1 fully saturated rings. The predicted octanol–water partition coefficient (Wildman–Crippen LogP) is 3.75. The topological polar surface area (TPSA) is 21.3 Å². The van der Waals surface area contributed by atoms with Gasteiger partial charge in [-0.1, -0.05) is 25.3 Å². The zero-order valence-electron chi connectivity index (χ0n) is 10.3. The van der Waals surface area contributed by atoms with Crippen molar-refractivity contribution in [1.82, 2.24) is 0 Å². The molecule has 0 aliphatic heterocycles. The van der Waals surface area contributed by atoms with Crippen molar-refractivity contribution in [1.29, 1.82) is 0 Å². The summed E-state index contributed by atoms with van der Waals surface area (Å²) >= 11 is 0. The summed E-state index contributed by atoms with van der Waals surface area (Å²) < 4.78 is 5.33. The molecule has 1 aromatic rings. The molecule has 0 saturated heterocycles. The van der Waals surface area contributed by atoms with Gasteiger partial charge in [-0.2, -0.15) is 0 Å². The van der Waals surface area contributed by atoms with E-state index in [2.05, 4.69) is 30.4 Å². The Hall–Kier alpha value is -1.18. The number of ether oxygens (including phenoxy) is 1. The molecule has 16 heavy (non-hydrogen) atoms. The molecular weight excluding hydrogens is 198 g/mol. The van der Waals surface area contributed by atoms with E-state index in [1.807, 2.05) is 0 Å². The molecule has 1 aromatic carbocycles. The summed E-state index contributed by atoms with van der Waals surface area (Å²) in [4.78, 5) is 0. The molecule has 2 heteroatoms. The van der Waals surface area contributed by atoms with Gasteiger partial charge in [0.1, 0.15) is 5.75 Å². The quantitative estimate of drug-likeness (QED) is 0.836. The van der Waals surface area contributed by atoms with Crippen molar-refractivity contribution in [2.75, 3.05) is 12.4 Å². The average molecular weight is 219 g/mol. The molecule has 0 heterocycles. The number of nitrogens with one attached hydrogen (secondary N) is 1. The van der Waals surface area contributed by atoms with Crippen molar-refractivity contribution in [3.05, 3.63) is 23.8 Å². The zero-order chi connectivity index (χ0) is 11.4. The highest BCUT2D eigenvalue weighted by Crippen LogP contribution is 2.25. The van der Waals surface area contributed by atoms with E-state index >= 15 is 0 Å². The first-order chi connectivity index (χ1) is 7.79. The molecular formula is C14H21NO. The molecule has 0 unspecified atom stereocenters. The number of rotatable bonds is 3. The second kappa shape index (κ2) is 5.24. The van der Waals surface area contributed by atoms with E-state index in [4.69, 9.17) is 4.74 Å². The summed E-state index contributed by atoms with van der Waals surface area (Å²) in [5.41, 5.74) is 2.38. The molecule has 1 N–H and O–H groups in total. The lowest BCUT2D eigenvalue weighted by Gasteiger charge is -2.24. The van der Waals surface area contributed by atoms with Gasteiger partial charge in [-0.05, 0) is 31.4 Å². The maximum absolute atomic E-state index is 5.33. The predicted molar refractivity (Wildman–Crippen MR) is 68.2 cm³/mol. The number of benzene rings is 1. The molecule has 88 valence electrons. The molecule has 1 saturated carbocycles. The molecule has 0 amide bonds. The minimum absolute atomic E-state index is 0.654. The van der Waals surface area contributed by atoms with Crippen LogP contribution in [0.3, 0.4) is 0 Å². The van der Waals surface area contributed by atoms with E-state index in [0.29, 0.717) is 6.04 Å². The number of anilines is 1. The van der Waals surface area contributed by atoms with Crippen molar-refractivity contribution >= 4 is 5.69 Å². The van der Waals surface area contributed by atoms with Crippen LogP contribution in [0.4, 0.5) is 5.69 Å². The van der Waals surface area contributed by atoms with Gasteiger partial charge in [0.25, 0.3) is 0 Å². The van der Waals surface area contributed by atoms with Gasteiger partial charge in [-0.15, -0.1) is 0 Å². The Morgan fingerprint density at radius 3 is 2.62 bits per heavy atom. The highest BCUT2D eigenvalue weighted by atomic mass is 16.5. The van der Waals surface area contributed by atoms with Crippen LogP contribution in [-0.2, 0) is 0 Å². The van der Waals surface area contributed by atoms with Gasteiger partial charge >= 0.3 is 0 Å². The van der Waals surface area contributed by atoms with E-state index in [-0.39, 0.29) is 0 Å². The van der Waals surface area contributed by atoms with E-state index < -0.39 is 0 Å². The summed E-state index contributed by atoms with van der Waals surface area (Å²) in [7, 11) is 1.73. The van der Waals surface area contributed by atoms with Crippen LogP contribution in [-0.4, -0.2) is 13.2 Å². The monoisotopic (exact) mass is 219 g/mol. The minimum atomic E-state index is 0.654. The van der Waals surface area contributed by atoms with E-state index in [1.54, 1.807) is 7.11 Å². The van der Waals surface area contributed by atoms with Crippen molar-refractivity contribution in [2.45, 2.75) is 45.1 Å². The number of hydrogen-bond acceptors (Lipinski definition) is 2. The van der Waals surface area contributed by atoms with E-state index in [1.165, 1.54) is 43.4 Å². The van der Waals surface area contributed by atoms with Crippen LogP contribution >= 0.6 is 0 Å². The third kappa shape index (κ3) is 2.69. The smallest absolute Gasteiger partial charge is 0.123 e. The summed E-state index contributed by atoms with van der Waals surface area (Å²) in [5.74, 6) is 0.973. The van der Waals surface area contributed by atoms with Crippen molar-refractivity contribution in [3.63, 3.8) is 0 Å². The Balaban J connectivity index is 2.03. The van der Waals surface area contributed by atoms with Crippen molar-refractivity contribution in [2.24, 2.45) is 0 Å². The second-order valence-corrected chi connectivity index (χ2v) is 4.66. The Morgan fingerprint density at radius 1 is 1.19 bits per heavy atom. The normalized spacial score (nSPS) is 17.1. The maximum Gasteiger partial charge on any atom is 0.123 e. The molecule has 2 nitrogen and oxygen atoms in total. The molecule has 0 spiro atoms. The van der Waals surface area contributed by atoms with E-state index in [0.717, 1.165) is 5.75 Å². The van der Waals surface area contributed by atoms with Crippen LogP contribution in [0, 0.1) is 6.92 Å². The largest absolute Gasteiger partial charge is 0.496 e. The van der Waals surface area contributed by atoms with Crippen LogP contribution in [0.15, 0.2) is 18.2 Å². The first kappa shape index (κ1) is 11.3. The molecule has 0 atom stereocenters. The first-order valence-corrected chi connectivity index (χ1v) is 6.21. The lowest BCUT2D eigenvalue weighted by atomic mass is 9.95. The van der Waals surface area contributed by atoms with Crippen LogP contribution < -0.4 is 10.1 Å². The third-order valence-electron chi connectivity index (χ3n) is 3.38. The lowest BCUT2D eigenvalue weighted by molar-refractivity contribution is 0.411.